The lowest BCUT2D eigenvalue weighted by Crippen LogP contribution is -2.39. The molecule has 0 aromatic heterocycles. The van der Waals surface area contributed by atoms with Crippen LogP contribution in [0.15, 0.2) is 18.2 Å². The SMILES string of the molecule is CC1CCCC(N(C)C(=O)c2cccc(O)c2O)C1. The smallest absolute Gasteiger partial charge is 0.257 e. The molecule has 0 aliphatic heterocycles. The summed E-state index contributed by atoms with van der Waals surface area (Å²) in [6.45, 7) is 2.20. The Morgan fingerprint density at radius 3 is 2.74 bits per heavy atom. The highest BCUT2D eigenvalue weighted by molar-refractivity contribution is 5.97. The van der Waals surface area contributed by atoms with Crippen LogP contribution >= 0.6 is 0 Å². The summed E-state index contributed by atoms with van der Waals surface area (Å²) in [4.78, 5) is 14.1. The monoisotopic (exact) mass is 263 g/mol. The van der Waals surface area contributed by atoms with Gasteiger partial charge in [0.15, 0.2) is 11.5 Å². The van der Waals surface area contributed by atoms with Crippen molar-refractivity contribution in [3.63, 3.8) is 0 Å². The van der Waals surface area contributed by atoms with Crippen LogP contribution in [0, 0.1) is 5.92 Å². The third-order valence-corrected chi connectivity index (χ3v) is 4.02. The summed E-state index contributed by atoms with van der Waals surface area (Å²) < 4.78 is 0. The summed E-state index contributed by atoms with van der Waals surface area (Å²) in [6.07, 6.45) is 4.36. The quantitative estimate of drug-likeness (QED) is 0.806. The van der Waals surface area contributed by atoms with Gasteiger partial charge >= 0.3 is 0 Å². The third kappa shape index (κ3) is 2.83. The molecule has 0 spiro atoms. The topological polar surface area (TPSA) is 60.8 Å². The average Bonchev–Trinajstić information content (AvgIpc) is 2.40. The van der Waals surface area contributed by atoms with Gasteiger partial charge in [0.2, 0.25) is 0 Å². The van der Waals surface area contributed by atoms with Gasteiger partial charge in [-0.05, 0) is 30.9 Å². The van der Waals surface area contributed by atoms with Gasteiger partial charge in [0, 0.05) is 13.1 Å². The molecule has 1 aromatic carbocycles. The molecule has 2 unspecified atom stereocenters. The number of rotatable bonds is 2. The van der Waals surface area contributed by atoms with Gasteiger partial charge in [0.05, 0.1) is 5.56 Å². The Labute approximate surface area is 113 Å². The van der Waals surface area contributed by atoms with E-state index >= 15 is 0 Å². The Bertz CT molecular complexity index is 472. The average molecular weight is 263 g/mol. The minimum absolute atomic E-state index is 0.167. The molecule has 1 saturated carbocycles. The van der Waals surface area contributed by atoms with Crippen LogP contribution in [-0.2, 0) is 0 Å². The standard InChI is InChI=1S/C15H21NO3/c1-10-5-3-6-11(9-10)16(2)15(19)12-7-4-8-13(17)14(12)18/h4,7-8,10-11,17-18H,3,5-6,9H2,1-2H3. The van der Waals surface area contributed by atoms with E-state index in [0.717, 1.165) is 19.3 Å². The van der Waals surface area contributed by atoms with E-state index in [4.69, 9.17) is 0 Å². The lowest BCUT2D eigenvalue weighted by molar-refractivity contribution is 0.0668. The highest BCUT2D eigenvalue weighted by Gasteiger charge is 2.27. The molecule has 1 aliphatic rings. The van der Waals surface area contributed by atoms with E-state index < -0.39 is 0 Å². The molecule has 0 bridgehead atoms. The summed E-state index contributed by atoms with van der Waals surface area (Å²) in [6, 6.07) is 4.70. The number of aromatic hydroxyl groups is 2. The number of phenolic OH excluding ortho intramolecular Hbond substituents is 2. The van der Waals surface area contributed by atoms with Crippen LogP contribution in [0.1, 0.15) is 43.0 Å². The summed E-state index contributed by atoms with van der Waals surface area (Å²) in [7, 11) is 1.77. The second-order valence-electron chi connectivity index (χ2n) is 5.51. The number of hydrogen-bond acceptors (Lipinski definition) is 3. The van der Waals surface area contributed by atoms with Crippen LogP contribution in [0.4, 0.5) is 0 Å². The van der Waals surface area contributed by atoms with Crippen molar-refractivity contribution in [3.8, 4) is 11.5 Å². The first-order chi connectivity index (χ1) is 9.00. The fourth-order valence-corrected chi connectivity index (χ4v) is 2.81. The fraction of sp³-hybridized carbons (Fsp3) is 0.533. The Hall–Kier alpha value is -1.71. The summed E-state index contributed by atoms with van der Waals surface area (Å²) in [5.41, 5.74) is 0.167. The zero-order valence-corrected chi connectivity index (χ0v) is 11.5. The first kappa shape index (κ1) is 13.7. The molecule has 104 valence electrons. The molecule has 2 rings (SSSR count). The number of para-hydroxylation sites is 1. The van der Waals surface area contributed by atoms with Gasteiger partial charge in [-0.3, -0.25) is 4.79 Å². The van der Waals surface area contributed by atoms with Crippen molar-refractivity contribution < 1.29 is 15.0 Å². The van der Waals surface area contributed by atoms with Crippen LogP contribution in [0.5, 0.6) is 11.5 Å². The van der Waals surface area contributed by atoms with Crippen molar-refractivity contribution in [2.45, 2.75) is 38.6 Å². The maximum atomic E-state index is 12.4. The number of benzene rings is 1. The molecule has 0 radical (unpaired) electrons. The number of carbonyl (C=O) groups is 1. The zero-order chi connectivity index (χ0) is 14.0. The largest absolute Gasteiger partial charge is 0.504 e. The molecule has 4 heteroatoms. The molecule has 2 N–H and O–H groups in total. The predicted octanol–water partition coefficient (Wildman–Crippen LogP) is 2.75. The van der Waals surface area contributed by atoms with Gasteiger partial charge in [-0.15, -0.1) is 0 Å². The van der Waals surface area contributed by atoms with E-state index in [1.54, 1.807) is 24.1 Å². The molecular weight excluding hydrogens is 242 g/mol. The summed E-state index contributed by atoms with van der Waals surface area (Å²) >= 11 is 0. The summed E-state index contributed by atoms with van der Waals surface area (Å²) in [5, 5.41) is 19.2. The molecule has 19 heavy (non-hydrogen) atoms. The maximum absolute atomic E-state index is 12.4. The van der Waals surface area contributed by atoms with Crippen LogP contribution in [0.2, 0.25) is 0 Å². The van der Waals surface area contributed by atoms with E-state index in [0.29, 0.717) is 5.92 Å². The van der Waals surface area contributed by atoms with Crippen LogP contribution in [-0.4, -0.2) is 34.1 Å². The number of hydrogen-bond donors (Lipinski definition) is 2. The molecule has 1 aromatic rings. The Balaban J connectivity index is 2.16. The Morgan fingerprint density at radius 1 is 1.32 bits per heavy atom. The van der Waals surface area contributed by atoms with Crippen molar-refractivity contribution in [3.05, 3.63) is 23.8 Å². The van der Waals surface area contributed by atoms with E-state index in [2.05, 4.69) is 6.92 Å². The predicted molar refractivity (Wildman–Crippen MR) is 73.3 cm³/mol. The molecule has 1 fully saturated rings. The lowest BCUT2D eigenvalue weighted by Gasteiger charge is -2.34. The van der Waals surface area contributed by atoms with E-state index in [1.165, 1.54) is 12.5 Å². The third-order valence-electron chi connectivity index (χ3n) is 4.02. The molecule has 4 nitrogen and oxygen atoms in total. The van der Waals surface area contributed by atoms with Gasteiger partial charge in [-0.1, -0.05) is 25.8 Å². The highest BCUT2D eigenvalue weighted by Crippen LogP contribution is 2.31. The number of carbonyl (C=O) groups excluding carboxylic acids is 1. The van der Waals surface area contributed by atoms with E-state index in [1.807, 2.05) is 0 Å². The second kappa shape index (κ2) is 5.51. The number of nitrogens with zero attached hydrogens (tertiary/aromatic N) is 1. The first-order valence-electron chi connectivity index (χ1n) is 6.78. The van der Waals surface area contributed by atoms with Gasteiger partial charge in [0.25, 0.3) is 5.91 Å². The van der Waals surface area contributed by atoms with Crippen molar-refractivity contribution in [1.82, 2.24) is 4.90 Å². The van der Waals surface area contributed by atoms with Crippen LogP contribution < -0.4 is 0 Å². The van der Waals surface area contributed by atoms with E-state index in [-0.39, 0.29) is 29.0 Å². The van der Waals surface area contributed by atoms with Gasteiger partial charge in [0.1, 0.15) is 0 Å². The molecule has 2 atom stereocenters. The van der Waals surface area contributed by atoms with Crippen molar-refractivity contribution in [2.24, 2.45) is 5.92 Å². The lowest BCUT2D eigenvalue weighted by atomic mass is 9.86. The minimum Gasteiger partial charge on any atom is -0.504 e. The first-order valence-corrected chi connectivity index (χ1v) is 6.78. The minimum atomic E-state index is -0.330. The molecule has 1 aliphatic carbocycles. The van der Waals surface area contributed by atoms with Gasteiger partial charge in [-0.25, -0.2) is 0 Å². The fourth-order valence-electron chi connectivity index (χ4n) is 2.81. The van der Waals surface area contributed by atoms with E-state index in [9.17, 15) is 15.0 Å². The maximum Gasteiger partial charge on any atom is 0.257 e. The van der Waals surface area contributed by atoms with Crippen molar-refractivity contribution in [1.29, 1.82) is 0 Å². The Morgan fingerprint density at radius 2 is 2.05 bits per heavy atom. The van der Waals surface area contributed by atoms with Crippen LogP contribution in [0.25, 0.3) is 0 Å². The van der Waals surface area contributed by atoms with Crippen LogP contribution in [0.3, 0.4) is 0 Å². The summed E-state index contributed by atoms with van der Waals surface area (Å²) in [5.74, 6) is -0.182. The normalized spacial score (nSPS) is 23.1. The highest BCUT2D eigenvalue weighted by atomic mass is 16.3. The second-order valence-corrected chi connectivity index (χ2v) is 5.51. The molecule has 0 heterocycles. The molecule has 1 amide bonds. The number of phenols is 2. The Kier molecular flexibility index (Phi) is 3.98. The van der Waals surface area contributed by atoms with Crippen molar-refractivity contribution >= 4 is 5.91 Å². The molecule has 0 saturated heterocycles. The molecular formula is C15H21NO3. The van der Waals surface area contributed by atoms with Crippen molar-refractivity contribution in [2.75, 3.05) is 7.05 Å². The number of amides is 1. The zero-order valence-electron chi connectivity index (χ0n) is 11.5. The van der Waals surface area contributed by atoms with Gasteiger partial charge in [-0.2, -0.15) is 0 Å². The van der Waals surface area contributed by atoms with Gasteiger partial charge < -0.3 is 15.1 Å².